The molecule has 0 aliphatic rings. The van der Waals surface area contributed by atoms with E-state index in [1.807, 2.05) is 6.07 Å². The minimum atomic E-state index is -0.604. The summed E-state index contributed by atoms with van der Waals surface area (Å²) >= 11 is 0. The number of nitrogens with two attached hydrogens (primary N) is 1. The second-order valence-electron chi connectivity index (χ2n) is 2.36. The van der Waals surface area contributed by atoms with Crippen LogP contribution in [0.1, 0.15) is 5.69 Å². The molecule has 13 heavy (non-hydrogen) atoms. The van der Waals surface area contributed by atoms with Gasteiger partial charge in [0, 0.05) is 13.2 Å². The zero-order chi connectivity index (χ0) is 9.68. The van der Waals surface area contributed by atoms with Gasteiger partial charge in [0.05, 0.1) is 11.9 Å². The monoisotopic (exact) mass is 178 g/mol. The summed E-state index contributed by atoms with van der Waals surface area (Å²) in [6.07, 6.45) is 3.11. The van der Waals surface area contributed by atoms with Gasteiger partial charge in [-0.3, -0.25) is 4.98 Å². The van der Waals surface area contributed by atoms with Crippen molar-refractivity contribution in [3.8, 4) is 0 Å². The molecule has 0 atom stereocenters. The van der Waals surface area contributed by atoms with Crippen LogP contribution in [0.15, 0.2) is 29.5 Å². The Labute approximate surface area is 75.9 Å². The van der Waals surface area contributed by atoms with E-state index in [2.05, 4.69) is 10.1 Å². The maximum Gasteiger partial charge on any atom is 0.334 e. The van der Waals surface area contributed by atoms with Gasteiger partial charge in [0.1, 0.15) is 0 Å². The van der Waals surface area contributed by atoms with Crippen LogP contribution in [0.3, 0.4) is 0 Å². The Morgan fingerprint density at radius 2 is 2.46 bits per heavy atom. The largest absolute Gasteiger partial charge is 0.350 e. The number of hydrogen-bond acceptors (Lipinski definition) is 3. The van der Waals surface area contributed by atoms with Gasteiger partial charge in [-0.15, -0.1) is 0 Å². The number of nitrogens with zero attached hydrogens (tertiary/aromatic N) is 3. The summed E-state index contributed by atoms with van der Waals surface area (Å²) < 4.78 is 0. The summed E-state index contributed by atoms with van der Waals surface area (Å²) in [4.78, 5) is 14.5. The molecule has 0 aliphatic heterocycles. The van der Waals surface area contributed by atoms with Crippen molar-refractivity contribution in [1.29, 1.82) is 0 Å². The maximum atomic E-state index is 10.5. The third-order valence-corrected chi connectivity index (χ3v) is 1.37. The van der Waals surface area contributed by atoms with Crippen molar-refractivity contribution in [3.63, 3.8) is 0 Å². The number of primary amides is 1. The predicted molar refractivity (Wildman–Crippen MR) is 49.2 cm³/mol. The van der Waals surface area contributed by atoms with E-state index in [1.54, 1.807) is 18.3 Å². The minimum Gasteiger partial charge on any atom is -0.350 e. The van der Waals surface area contributed by atoms with Crippen LogP contribution < -0.4 is 5.73 Å². The molecule has 1 aromatic heterocycles. The molecule has 0 bridgehead atoms. The van der Waals surface area contributed by atoms with Crippen molar-refractivity contribution < 1.29 is 4.79 Å². The minimum absolute atomic E-state index is 0.604. The summed E-state index contributed by atoms with van der Waals surface area (Å²) in [5.41, 5.74) is 5.63. The van der Waals surface area contributed by atoms with Crippen molar-refractivity contribution >= 4 is 12.2 Å². The van der Waals surface area contributed by atoms with Crippen molar-refractivity contribution in [2.75, 3.05) is 7.05 Å². The second-order valence-corrected chi connectivity index (χ2v) is 2.36. The molecule has 0 radical (unpaired) electrons. The van der Waals surface area contributed by atoms with E-state index in [0.717, 1.165) is 5.01 Å². The first kappa shape index (κ1) is 9.18. The van der Waals surface area contributed by atoms with Gasteiger partial charge in [-0.05, 0) is 12.1 Å². The van der Waals surface area contributed by atoms with Gasteiger partial charge in [0.15, 0.2) is 0 Å². The van der Waals surface area contributed by atoms with Crippen LogP contribution in [0.5, 0.6) is 0 Å². The van der Waals surface area contributed by atoms with Crippen molar-refractivity contribution in [1.82, 2.24) is 9.99 Å². The zero-order valence-electron chi connectivity index (χ0n) is 7.21. The quantitative estimate of drug-likeness (QED) is 0.526. The maximum absolute atomic E-state index is 10.5. The SMILES string of the molecule is CN(/N=C/c1ccccn1)C(N)=O. The highest BCUT2D eigenvalue weighted by Gasteiger charge is 1.97. The third kappa shape index (κ3) is 2.90. The Bertz CT molecular complexity index is 309. The van der Waals surface area contributed by atoms with Gasteiger partial charge in [0.2, 0.25) is 0 Å². The first-order chi connectivity index (χ1) is 6.20. The summed E-state index contributed by atoms with van der Waals surface area (Å²) in [5.74, 6) is 0. The van der Waals surface area contributed by atoms with Gasteiger partial charge < -0.3 is 5.73 Å². The number of pyridine rings is 1. The van der Waals surface area contributed by atoms with Crippen molar-refractivity contribution in [2.45, 2.75) is 0 Å². The van der Waals surface area contributed by atoms with E-state index in [0.29, 0.717) is 5.69 Å². The van der Waals surface area contributed by atoms with Crippen molar-refractivity contribution in [3.05, 3.63) is 30.1 Å². The lowest BCUT2D eigenvalue weighted by Crippen LogP contribution is -2.27. The molecule has 0 fully saturated rings. The smallest absolute Gasteiger partial charge is 0.334 e. The molecule has 0 spiro atoms. The van der Waals surface area contributed by atoms with Crippen molar-refractivity contribution in [2.24, 2.45) is 10.8 Å². The summed E-state index contributed by atoms with van der Waals surface area (Å²) in [5, 5.41) is 4.80. The number of urea groups is 1. The molecule has 0 aromatic carbocycles. The highest BCUT2D eigenvalue weighted by molar-refractivity contribution is 5.79. The molecule has 2 amide bonds. The lowest BCUT2D eigenvalue weighted by Gasteiger charge is -2.04. The highest BCUT2D eigenvalue weighted by Crippen LogP contribution is 1.89. The molecule has 0 aliphatic carbocycles. The fraction of sp³-hybridized carbons (Fsp3) is 0.125. The number of aromatic nitrogens is 1. The average Bonchev–Trinajstić information content (AvgIpc) is 2.15. The molecule has 68 valence electrons. The Morgan fingerprint density at radius 3 is 3.00 bits per heavy atom. The number of carbonyl (C=O) groups excluding carboxylic acids is 1. The molecule has 5 nitrogen and oxygen atoms in total. The van der Waals surface area contributed by atoms with Crippen LogP contribution in [0.2, 0.25) is 0 Å². The van der Waals surface area contributed by atoms with Crippen LogP contribution in [-0.4, -0.2) is 29.3 Å². The van der Waals surface area contributed by atoms with Crippen LogP contribution in [0.4, 0.5) is 4.79 Å². The van der Waals surface area contributed by atoms with Crippen LogP contribution in [0, 0.1) is 0 Å². The van der Waals surface area contributed by atoms with Gasteiger partial charge in [-0.1, -0.05) is 6.07 Å². The molecule has 1 heterocycles. The first-order valence-electron chi connectivity index (χ1n) is 3.68. The number of hydrogen-bond donors (Lipinski definition) is 1. The normalized spacial score (nSPS) is 10.2. The zero-order valence-corrected chi connectivity index (χ0v) is 7.21. The standard InChI is InChI=1S/C8H10N4O/c1-12(8(9)13)11-6-7-4-2-3-5-10-7/h2-6H,1H3,(H2,9,13)/b11-6+. The van der Waals surface area contributed by atoms with E-state index in [1.165, 1.54) is 13.3 Å². The van der Waals surface area contributed by atoms with E-state index in [4.69, 9.17) is 5.73 Å². The Hall–Kier alpha value is -1.91. The lowest BCUT2D eigenvalue weighted by atomic mass is 10.4. The number of carbonyl (C=O) groups is 1. The molecular formula is C8H10N4O. The molecule has 2 N–H and O–H groups in total. The third-order valence-electron chi connectivity index (χ3n) is 1.37. The summed E-state index contributed by atoms with van der Waals surface area (Å²) in [6, 6.07) is 4.80. The Morgan fingerprint density at radius 1 is 1.69 bits per heavy atom. The van der Waals surface area contributed by atoms with E-state index in [-0.39, 0.29) is 0 Å². The van der Waals surface area contributed by atoms with Crippen LogP contribution in [0.25, 0.3) is 0 Å². The van der Waals surface area contributed by atoms with Crippen LogP contribution >= 0.6 is 0 Å². The number of amides is 2. The molecule has 1 rings (SSSR count). The summed E-state index contributed by atoms with van der Waals surface area (Å²) in [7, 11) is 1.47. The van der Waals surface area contributed by atoms with Gasteiger partial charge >= 0.3 is 6.03 Å². The number of hydrazone groups is 1. The first-order valence-corrected chi connectivity index (χ1v) is 3.68. The van der Waals surface area contributed by atoms with E-state index < -0.39 is 6.03 Å². The van der Waals surface area contributed by atoms with Crippen LogP contribution in [-0.2, 0) is 0 Å². The molecule has 0 saturated carbocycles. The van der Waals surface area contributed by atoms with E-state index in [9.17, 15) is 4.79 Å². The molecule has 1 aromatic rings. The molecule has 5 heteroatoms. The van der Waals surface area contributed by atoms with Gasteiger partial charge in [-0.2, -0.15) is 5.10 Å². The van der Waals surface area contributed by atoms with Gasteiger partial charge in [0.25, 0.3) is 0 Å². The Kier molecular flexibility index (Phi) is 2.97. The summed E-state index contributed by atoms with van der Waals surface area (Å²) in [6.45, 7) is 0. The predicted octanol–water partition coefficient (Wildman–Crippen LogP) is 0.426. The average molecular weight is 178 g/mol. The Balaban J connectivity index is 2.64. The molecular weight excluding hydrogens is 168 g/mol. The number of rotatable bonds is 2. The highest BCUT2D eigenvalue weighted by atomic mass is 16.2. The topological polar surface area (TPSA) is 71.6 Å². The second kappa shape index (κ2) is 4.20. The van der Waals surface area contributed by atoms with E-state index >= 15 is 0 Å². The lowest BCUT2D eigenvalue weighted by molar-refractivity contribution is 0.220. The molecule has 0 saturated heterocycles. The van der Waals surface area contributed by atoms with Gasteiger partial charge in [-0.25, -0.2) is 9.80 Å². The fourth-order valence-electron chi connectivity index (χ4n) is 0.655. The fourth-order valence-corrected chi connectivity index (χ4v) is 0.655. The molecule has 0 unspecified atom stereocenters.